The number of nitrogens with one attached hydrogen (secondary N) is 1. The van der Waals surface area contributed by atoms with E-state index in [-0.39, 0.29) is 11.9 Å². The third kappa shape index (κ3) is 3.54. The van der Waals surface area contributed by atoms with E-state index in [9.17, 15) is 4.79 Å². The molecule has 0 fully saturated rings. The maximum atomic E-state index is 12.9. The van der Waals surface area contributed by atoms with Crippen LogP contribution in [0, 0.1) is 0 Å². The van der Waals surface area contributed by atoms with Crippen LogP contribution in [0.3, 0.4) is 0 Å². The van der Waals surface area contributed by atoms with Crippen molar-refractivity contribution in [1.29, 1.82) is 0 Å². The summed E-state index contributed by atoms with van der Waals surface area (Å²) < 4.78 is 1.67. The topological polar surface area (TPSA) is 66.8 Å². The zero-order valence-corrected chi connectivity index (χ0v) is 15.7. The first-order valence-electron chi connectivity index (χ1n) is 8.92. The predicted molar refractivity (Wildman–Crippen MR) is 102 cm³/mol. The van der Waals surface area contributed by atoms with Gasteiger partial charge in [0.15, 0.2) is 0 Å². The highest BCUT2D eigenvalue weighted by Crippen LogP contribution is 2.24. The average Bonchev–Trinajstić information content (AvgIpc) is 3.28. The third-order valence-corrected chi connectivity index (χ3v) is 4.67. The molecule has 0 bridgehead atoms. The monoisotopic (exact) mass is 351 g/mol. The Kier molecular flexibility index (Phi) is 5.21. The van der Waals surface area contributed by atoms with Gasteiger partial charge in [0.05, 0.1) is 23.1 Å². The smallest absolute Gasteiger partial charge is 0.272 e. The molecule has 3 rings (SSSR count). The Balaban J connectivity index is 1.78. The van der Waals surface area contributed by atoms with Gasteiger partial charge in [-0.25, -0.2) is 0 Å². The van der Waals surface area contributed by atoms with Crippen molar-refractivity contribution in [2.45, 2.75) is 32.7 Å². The fourth-order valence-corrected chi connectivity index (χ4v) is 2.98. The summed E-state index contributed by atoms with van der Waals surface area (Å²) in [5, 5.41) is 11.9. The molecule has 0 saturated heterocycles. The molecule has 0 aliphatic rings. The minimum atomic E-state index is -0.128. The summed E-state index contributed by atoms with van der Waals surface area (Å²) in [4.78, 5) is 14.6. The Labute approximate surface area is 153 Å². The highest BCUT2D eigenvalue weighted by atomic mass is 16.2. The second-order valence-electron chi connectivity index (χ2n) is 6.56. The Morgan fingerprint density at radius 2 is 2.00 bits per heavy atom. The molecule has 26 heavy (non-hydrogen) atoms. The molecule has 6 nitrogen and oxygen atoms in total. The van der Waals surface area contributed by atoms with Crippen molar-refractivity contribution < 1.29 is 4.79 Å². The molecule has 1 amide bonds. The maximum absolute atomic E-state index is 12.9. The molecule has 2 aromatic heterocycles. The summed E-state index contributed by atoms with van der Waals surface area (Å²) in [5.74, 6) is -0.0503. The number of hydrogen-bond donors (Lipinski definition) is 1. The predicted octanol–water partition coefficient (Wildman–Crippen LogP) is 3.60. The number of aromatic amines is 1. The number of aryl methyl sites for hydroxylation is 2. The van der Waals surface area contributed by atoms with E-state index >= 15 is 0 Å². The Bertz CT molecular complexity index is 881. The number of aromatic nitrogens is 4. The minimum absolute atomic E-state index is 0.0503. The summed E-state index contributed by atoms with van der Waals surface area (Å²) in [6.07, 6.45) is 1.88. The molecule has 1 aromatic carbocycles. The van der Waals surface area contributed by atoms with Gasteiger partial charge >= 0.3 is 0 Å². The van der Waals surface area contributed by atoms with E-state index in [0.29, 0.717) is 5.69 Å². The fourth-order valence-electron chi connectivity index (χ4n) is 2.98. The van der Waals surface area contributed by atoms with Gasteiger partial charge in [0, 0.05) is 19.7 Å². The quantitative estimate of drug-likeness (QED) is 0.738. The van der Waals surface area contributed by atoms with Gasteiger partial charge < -0.3 is 4.90 Å². The molecule has 0 radical (unpaired) electrons. The van der Waals surface area contributed by atoms with Gasteiger partial charge in [-0.2, -0.15) is 10.2 Å². The van der Waals surface area contributed by atoms with Crippen LogP contribution >= 0.6 is 0 Å². The van der Waals surface area contributed by atoms with Crippen molar-refractivity contribution in [2.24, 2.45) is 7.05 Å². The van der Waals surface area contributed by atoms with Crippen LogP contribution in [0.4, 0.5) is 0 Å². The molecule has 0 spiro atoms. The van der Waals surface area contributed by atoms with Gasteiger partial charge in [-0.05, 0) is 25.5 Å². The fraction of sp³-hybridized carbons (Fsp3) is 0.350. The van der Waals surface area contributed by atoms with Crippen molar-refractivity contribution >= 4 is 5.91 Å². The standard InChI is InChI=1S/C20H25N5O/c1-5-9-16-12-19(25(4)23-16)20(26)24(3)14(2)17-13-18(22-21-17)15-10-7-6-8-11-15/h6-8,10-14H,5,9H2,1-4H3,(H,21,22)/t14-/m1/s1. The number of amides is 1. The number of carbonyl (C=O) groups is 1. The van der Waals surface area contributed by atoms with E-state index in [4.69, 9.17) is 0 Å². The van der Waals surface area contributed by atoms with Crippen molar-refractivity contribution in [3.8, 4) is 11.3 Å². The molecule has 1 atom stereocenters. The molecule has 0 saturated carbocycles. The molecule has 136 valence electrons. The second-order valence-corrected chi connectivity index (χ2v) is 6.56. The van der Waals surface area contributed by atoms with Crippen LogP contribution in [0.5, 0.6) is 0 Å². The van der Waals surface area contributed by atoms with E-state index in [1.807, 2.05) is 63.5 Å². The first kappa shape index (κ1) is 17.9. The molecular formula is C20H25N5O. The highest BCUT2D eigenvalue weighted by Gasteiger charge is 2.23. The van der Waals surface area contributed by atoms with Crippen LogP contribution in [0.15, 0.2) is 42.5 Å². The number of carbonyl (C=O) groups excluding carboxylic acids is 1. The lowest BCUT2D eigenvalue weighted by atomic mass is 10.1. The molecule has 0 aliphatic carbocycles. The van der Waals surface area contributed by atoms with Crippen molar-refractivity contribution in [3.05, 3.63) is 59.5 Å². The first-order valence-corrected chi connectivity index (χ1v) is 8.92. The molecule has 2 heterocycles. The minimum Gasteiger partial charge on any atom is -0.332 e. The maximum Gasteiger partial charge on any atom is 0.272 e. The molecule has 0 aliphatic heterocycles. The Morgan fingerprint density at radius 1 is 1.27 bits per heavy atom. The highest BCUT2D eigenvalue weighted by molar-refractivity contribution is 5.92. The van der Waals surface area contributed by atoms with Crippen molar-refractivity contribution in [2.75, 3.05) is 7.05 Å². The van der Waals surface area contributed by atoms with Crippen molar-refractivity contribution in [3.63, 3.8) is 0 Å². The van der Waals surface area contributed by atoms with Gasteiger partial charge in [0.2, 0.25) is 0 Å². The SMILES string of the molecule is CCCc1cc(C(=O)N(C)[C@H](C)c2cc(-c3ccccc3)n[nH]2)n(C)n1. The van der Waals surface area contributed by atoms with Crippen LogP contribution in [0.2, 0.25) is 0 Å². The lowest BCUT2D eigenvalue weighted by Gasteiger charge is -2.23. The van der Waals surface area contributed by atoms with E-state index in [1.54, 1.807) is 9.58 Å². The van der Waals surface area contributed by atoms with Gasteiger partial charge in [-0.3, -0.25) is 14.6 Å². The molecule has 1 N–H and O–H groups in total. The van der Waals surface area contributed by atoms with Crippen LogP contribution in [-0.4, -0.2) is 37.8 Å². The molecular weight excluding hydrogens is 326 g/mol. The van der Waals surface area contributed by atoms with Gasteiger partial charge in [0.1, 0.15) is 5.69 Å². The first-order chi connectivity index (χ1) is 12.5. The van der Waals surface area contributed by atoms with Crippen molar-refractivity contribution in [1.82, 2.24) is 24.9 Å². The lowest BCUT2D eigenvalue weighted by molar-refractivity contribution is 0.0728. The van der Waals surface area contributed by atoms with Gasteiger partial charge in [-0.15, -0.1) is 0 Å². The second kappa shape index (κ2) is 7.56. The number of benzene rings is 1. The summed E-state index contributed by atoms with van der Waals surface area (Å²) in [5.41, 5.74) is 4.37. The van der Waals surface area contributed by atoms with Gasteiger partial charge in [0.25, 0.3) is 5.91 Å². The zero-order valence-electron chi connectivity index (χ0n) is 15.7. The van der Waals surface area contributed by atoms with Crippen LogP contribution in [0.1, 0.15) is 48.2 Å². The lowest BCUT2D eigenvalue weighted by Crippen LogP contribution is -2.31. The Morgan fingerprint density at radius 3 is 2.69 bits per heavy atom. The summed E-state index contributed by atoms with van der Waals surface area (Å²) >= 11 is 0. The summed E-state index contributed by atoms with van der Waals surface area (Å²) in [6.45, 7) is 4.09. The molecule has 3 aromatic rings. The number of hydrogen-bond acceptors (Lipinski definition) is 3. The number of H-pyrrole nitrogens is 1. The molecule has 6 heteroatoms. The summed E-state index contributed by atoms with van der Waals surface area (Å²) in [6, 6.07) is 13.7. The number of rotatable bonds is 6. The number of nitrogens with zero attached hydrogens (tertiary/aromatic N) is 4. The largest absolute Gasteiger partial charge is 0.332 e. The molecule has 0 unspecified atom stereocenters. The van der Waals surface area contributed by atoms with Crippen LogP contribution < -0.4 is 0 Å². The normalized spacial score (nSPS) is 12.2. The Hall–Kier alpha value is -2.89. The van der Waals surface area contributed by atoms with Crippen LogP contribution in [0.25, 0.3) is 11.3 Å². The van der Waals surface area contributed by atoms with E-state index in [1.165, 1.54) is 0 Å². The summed E-state index contributed by atoms with van der Waals surface area (Å²) in [7, 11) is 3.62. The van der Waals surface area contributed by atoms with Gasteiger partial charge in [-0.1, -0.05) is 43.7 Å². The van der Waals surface area contributed by atoms with E-state index in [0.717, 1.165) is 35.5 Å². The van der Waals surface area contributed by atoms with E-state index < -0.39 is 0 Å². The van der Waals surface area contributed by atoms with E-state index in [2.05, 4.69) is 22.2 Å². The van der Waals surface area contributed by atoms with Crippen LogP contribution in [-0.2, 0) is 13.5 Å². The average molecular weight is 351 g/mol. The zero-order chi connectivity index (χ0) is 18.7. The third-order valence-electron chi connectivity index (χ3n) is 4.67.